The number of hydrogen-bond donors (Lipinski definition) is 2. The van der Waals surface area contributed by atoms with Gasteiger partial charge < -0.3 is 37.8 Å². The molecule has 1 aromatic heterocycles. The summed E-state index contributed by atoms with van der Waals surface area (Å²) in [4.78, 5) is 78.7. The number of aromatic amines is 1. The maximum Gasteiger partial charge on any atom is 0.330 e. The van der Waals surface area contributed by atoms with Crippen LogP contribution in [-0.2, 0) is 55.4 Å². The molecule has 0 saturated carbocycles. The summed E-state index contributed by atoms with van der Waals surface area (Å²) >= 11 is 1.64. The topological polar surface area (TPSA) is 240 Å². The number of carbonyl (C=O) groups is 3. The van der Waals surface area contributed by atoms with Gasteiger partial charge in [-0.05, 0) is 74.8 Å². The molecule has 6 unspecified atom stereocenters. The van der Waals surface area contributed by atoms with Crippen LogP contribution in [0.25, 0.3) is 0 Å². The van der Waals surface area contributed by atoms with Gasteiger partial charge in [-0.25, -0.2) is 14.4 Å². The van der Waals surface area contributed by atoms with E-state index in [0.29, 0.717) is 38.3 Å². The molecular formula is C40H69IN5O15P. The average molecular weight is 1020 g/mol. The number of morpholine rings is 1. The van der Waals surface area contributed by atoms with Crippen molar-refractivity contribution in [1.82, 2.24) is 19.1 Å². The largest absolute Gasteiger partial charge is 0.463 e. The molecule has 0 spiro atoms. The van der Waals surface area contributed by atoms with Crippen LogP contribution in [0.2, 0.25) is 0 Å². The number of rotatable bonds is 27. The predicted molar refractivity (Wildman–Crippen MR) is 236 cm³/mol. The summed E-state index contributed by atoms with van der Waals surface area (Å²) in [5, 5.41) is 8.32. The van der Waals surface area contributed by atoms with Crippen molar-refractivity contribution in [2.24, 2.45) is 0 Å². The van der Waals surface area contributed by atoms with Crippen molar-refractivity contribution in [2.75, 3.05) is 46.1 Å². The van der Waals surface area contributed by atoms with Gasteiger partial charge in [-0.3, -0.25) is 33.6 Å². The summed E-state index contributed by atoms with van der Waals surface area (Å²) in [6.07, 6.45) is 2.24. The first-order chi connectivity index (χ1) is 29.1. The fraction of sp³-hybridized carbons (Fsp3) is 0.800. The van der Waals surface area contributed by atoms with E-state index in [1.807, 2.05) is 45.4 Å². The quantitative estimate of drug-likeness (QED) is 0.0170. The second-order valence-electron chi connectivity index (χ2n) is 15.7. The Morgan fingerprint density at radius 2 is 1.65 bits per heavy atom. The van der Waals surface area contributed by atoms with E-state index < -0.39 is 74.1 Å². The zero-order valence-electron chi connectivity index (χ0n) is 38.1. The van der Waals surface area contributed by atoms with Gasteiger partial charge in [0.2, 0.25) is 0 Å². The third kappa shape index (κ3) is 22.8. The number of H-pyrrole nitrogens is 1. The smallest absolute Gasteiger partial charge is 0.330 e. The number of aryl methyl sites for hydroxylation is 1. The molecule has 62 heavy (non-hydrogen) atoms. The third-order valence-corrected chi connectivity index (χ3v) is 11.2. The molecule has 1 aliphatic heterocycles. The zero-order chi connectivity index (χ0) is 47.0. The van der Waals surface area contributed by atoms with Crippen LogP contribution in [0.4, 0.5) is 0 Å². The molecule has 2 rings (SSSR count). The minimum atomic E-state index is -1.55. The highest BCUT2D eigenvalue weighted by molar-refractivity contribution is 14.1. The Morgan fingerprint density at radius 1 is 1.02 bits per heavy atom. The van der Waals surface area contributed by atoms with Crippen LogP contribution in [0.15, 0.2) is 15.8 Å². The van der Waals surface area contributed by atoms with Gasteiger partial charge >= 0.3 is 23.6 Å². The molecule has 0 aliphatic carbocycles. The Bertz CT molecular complexity index is 1640. The summed E-state index contributed by atoms with van der Waals surface area (Å²) in [7, 11) is -1.55. The normalized spacial score (nSPS) is 19.2. The second kappa shape index (κ2) is 30.5. The van der Waals surface area contributed by atoms with E-state index >= 15 is 0 Å². The van der Waals surface area contributed by atoms with Gasteiger partial charge in [0, 0.05) is 64.3 Å². The van der Waals surface area contributed by atoms with Gasteiger partial charge in [0.15, 0.2) is 41.6 Å². The highest BCUT2D eigenvalue weighted by atomic mass is 127. The SMILES string of the molecule is CC(=O)OCC(OC(C)OCCCCCCCN1CC(n2cc(C)c(=O)[nH]c2=O)O[C@](C)(COOI)C1)C(OC(C)=O)C(C)OC(C)=O.CC(C)N(C(C)C)P(O)OCCC#N. The molecule has 0 radical (unpaired) electrons. The first kappa shape index (κ1) is 57.4. The van der Waals surface area contributed by atoms with Crippen LogP contribution in [0.1, 0.15) is 120 Å². The van der Waals surface area contributed by atoms with E-state index in [2.05, 4.69) is 9.88 Å². The Kier molecular flexibility index (Phi) is 28.2. The van der Waals surface area contributed by atoms with E-state index in [1.165, 1.54) is 31.5 Å². The highest BCUT2D eigenvalue weighted by Crippen LogP contribution is 2.40. The number of nitriles is 1. The Morgan fingerprint density at radius 3 is 2.23 bits per heavy atom. The van der Waals surface area contributed by atoms with Crippen LogP contribution in [0.3, 0.4) is 0 Å². The van der Waals surface area contributed by atoms with Gasteiger partial charge in [0.05, 0.1) is 19.1 Å². The molecule has 1 aromatic rings. The van der Waals surface area contributed by atoms with Crippen molar-refractivity contribution in [2.45, 2.75) is 163 Å². The third-order valence-electron chi connectivity index (χ3n) is 9.21. The van der Waals surface area contributed by atoms with E-state index in [-0.39, 0.29) is 25.3 Å². The van der Waals surface area contributed by atoms with Crippen molar-refractivity contribution in [3.8, 4) is 6.07 Å². The minimum absolute atomic E-state index is 0.155. The average Bonchev–Trinajstić information content (AvgIpc) is 3.16. The lowest BCUT2D eigenvalue weighted by Crippen LogP contribution is -2.56. The minimum Gasteiger partial charge on any atom is -0.463 e. The summed E-state index contributed by atoms with van der Waals surface area (Å²) in [6, 6.07) is 2.46. The maximum absolute atomic E-state index is 12.6. The lowest BCUT2D eigenvalue weighted by molar-refractivity contribution is -0.257. The van der Waals surface area contributed by atoms with Crippen LogP contribution >= 0.6 is 31.5 Å². The van der Waals surface area contributed by atoms with Crippen molar-refractivity contribution in [3.63, 3.8) is 0 Å². The monoisotopic (exact) mass is 1020 g/mol. The number of carbonyl (C=O) groups excluding carboxylic acids is 3. The molecule has 1 saturated heterocycles. The second-order valence-corrected chi connectivity index (χ2v) is 17.3. The first-order valence-corrected chi connectivity index (χ1v) is 22.8. The van der Waals surface area contributed by atoms with Crippen molar-refractivity contribution < 1.29 is 60.3 Å². The summed E-state index contributed by atoms with van der Waals surface area (Å²) in [6.45, 7) is 21.0. The number of ether oxygens (including phenoxy) is 6. The zero-order valence-corrected chi connectivity index (χ0v) is 41.1. The van der Waals surface area contributed by atoms with Gasteiger partial charge in [-0.2, -0.15) is 8.48 Å². The van der Waals surface area contributed by atoms with E-state index in [0.717, 1.165) is 38.6 Å². The Hall–Kier alpha value is -2.62. The molecule has 0 aromatic carbocycles. The molecule has 0 bridgehead atoms. The maximum atomic E-state index is 12.6. The number of esters is 3. The van der Waals surface area contributed by atoms with Crippen molar-refractivity contribution >= 4 is 49.4 Å². The summed E-state index contributed by atoms with van der Waals surface area (Å²) < 4.78 is 47.0. The summed E-state index contributed by atoms with van der Waals surface area (Å²) in [5.41, 5.74) is -1.30. The molecule has 20 nitrogen and oxygen atoms in total. The fourth-order valence-corrected chi connectivity index (χ4v) is 7.95. The van der Waals surface area contributed by atoms with Crippen molar-refractivity contribution in [3.05, 3.63) is 32.6 Å². The molecular weight excluding hydrogens is 948 g/mol. The molecule has 356 valence electrons. The van der Waals surface area contributed by atoms with Crippen LogP contribution in [-0.4, -0.2) is 130 Å². The number of unbranched alkanes of at least 4 members (excludes halogenated alkanes) is 4. The molecule has 22 heteroatoms. The van der Waals surface area contributed by atoms with Gasteiger partial charge in [0.25, 0.3) is 14.1 Å². The number of hydrogen-bond acceptors (Lipinski definition) is 18. The van der Waals surface area contributed by atoms with E-state index in [1.54, 1.807) is 43.8 Å². The van der Waals surface area contributed by atoms with Crippen molar-refractivity contribution in [1.29, 1.82) is 5.26 Å². The molecule has 1 fully saturated rings. The number of halogens is 1. The Balaban J connectivity index is 0.00000117. The van der Waals surface area contributed by atoms with Gasteiger partial charge in [-0.1, -0.05) is 19.3 Å². The molecule has 0 amide bonds. The fourth-order valence-electron chi connectivity index (χ4n) is 6.64. The molecule has 2 N–H and O–H groups in total. The van der Waals surface area contributed by atoms with Crippen LogP contribution in [0, 0.1) is 18.3 Å². The lowest BCUT2D eigenvalue weighted by atomic mass is 10.0. The number of nitrogens with one attached hydrogen (secondary N) is 1. The molecule has 2 heterocycles. The number of nitrogens with zero attached hydrogens (tertiary/aromatic N) is 4. The summed E-state index contributed by atoms with van der Waals surface area (Å²) in [5.74, 6) is -1.71. The highest BCUT2D eigenvalue weighted by Gasteiger charge is 2.39. The van der Waals surface area contributed by atoms with E-state index in [4.69, 9.17) is 46.3 Å². The van der Waals surface area contributed by atoms with Crippen LogP contribution in [0.5, 0.6) is 0 Å². The van der Waals surface area contributed by atoms with E-state index in [9.17, 15) is 28.9 Å². The van der Waals surface area contributed by atoms with Gasteiger partial charge in [0.1, 0.15) is 31.0 Å². The lowest BCUT2D eigenvalue weighted by Gasteiger charge is -2.44. The first-order valence-electron chi connectivity index (χ1n) is 20.8. The van der Waals surface area contributed by atoms with Gasteiger partial charge in [-0.15, -0.1) is 0 Å². The standard InChI is InChI=1S/C31H50IN3O13.C9H19N2O2P/c1-20-15-35(30(40)33-29(20)39)27-16-34(18-31(7,47-27)19-43-48-32)13-11-9-8-10-12-14-41-25(6)46-26(17-42-22(3)36)28(45-24(5)38)21(2)44-23(4)37;1-8(2)11(9(3)4)14(12)13-7-5-6-10/h15,21,25-28H,8-14,16-19H2,1-7H3,(H,33,39,40);8-9,12H,5,7H2,1-4H3/t21?,25?,26?,27?,28?,31-;/m0./s1. The number of aromatic nitrogens is 2. The Labute approximate surface area is 380 Å². The molecule has 1 aliphatic rings. The van der Waals surface area contributed by atoms with Crippen LogP contribution < -0.4 is 11.2 Å². The predicted octanol–water partition coefficient (Wildman–Crippen LogP) is 5.13. The molecule has 7 atom stereocenters.